The minimum Gasteiger partial charge on any atom is -0.465 e. The van der Waals surface area contributed by atoms with Crippen LogP contribution in [0.25, 0.3) is 0 Å². The summed E-state index contributed by atoms with van der Waals surface area (Å²) in [4.78, 5) is 11.8. The van der Waals surface area contributed by atoms with Crippen molar-refractivity contribution in [3.05, 3.63) is 52.5 Å². The van der Waals surface area contributed by atoms with Gasteiger partial charge in [-0.3, -0.25) is 0 Å². The SMILES string of the molecule is COC(=O)c1cc(N)ccc1Nc1cccc(Cl)c1C. The summed E-state index contributed by atoms with van der Waals surface area (Å²) < 4.78 is 4.76. The molecule has 0 bridgehead atoms. The molecule has 2 aromatic rings. The summed E-state index contributed by atoms with van der Waals surface area (Å²) in [6, 6.07) is 10.6. The standard InChI is InChI=1S/C15H15ClN2O2/c1-9-12(16)4-3-5-13(9)18-14-7-6-10(17)8-11(14)15(19)20-2/h3-8,18H,17H2,1-2H3. The second-order valence-corrected chi connectivity index (χ2v) is 4.74. The van der Waals surface area contributed by atoms with Gasteiger partial charge in [0, 0.05) is 16.4 Å². The quantitative estimate of drug-likeness (QED) is 0.667. The van der Waals surface area contributed by atoms with Gasteiger partial charge >= 0.3 is 5.97 Å². The molecular weight excluding hydrogens is 276 g/mol. The van der Waals surface area contributed by atoms with Gasteiger partial charge in [-0.25, -0.2) is 4.79 Å². The van der Waals surface area contributed by atoms with E-state index in [9.17, 15) is 4.79 Å². The summed E-state index contributed by atoms with van der Waals surface area (Å²) >= 11 is 6.08. The van der Waals surface area contributed by atoms with Crippen LogP contribution in [0.5, 0.6) is 0 Å². The average Bonchev–Trinajstić information content (AvgIpc) is 2.44. The van der Waals surface area contributed by atoms with E-state index in [1.54, 1.807) is 18.2 Å². The van der Waals surface area contributed by atoms with E-state index in [4.69, 9.17) is 22.1 Å². The zero-order chi connectivity index (χ0) is 14.7. The second-order valence-electron chi connectivity index (χ2n) is 4.33. The van der Waals surface area contributed by atoms with Crippen LogP contribution in [-0.2, 0) is 4.74 Å². The number of carbonyl (C=O) groups is 1. The molecule has 0 saturated heterocycles. The number of nitrogens with one attached hydrogen (secondary N) is 1. The van der Waals surface area contributed by atoms with E-state index in [-0.39, 0.29) is 0 Å². The summed E-state index contributed by atoms with van der Waals surface area (Å²) in [5.74, 6) is -0.445. The number of methoxy groups -OCH3 is 1. The summed E-state index contributed by atoms with van der Waals surface area (Å²) in [7, 11) is 1.33. The molecular formula is C15H15ClN2O2. The highest BCUT2D eigenvalue weighted by atomic mass is 35.5. The zero-order valence-electron chi connectivity index (χ0n) is 11.2. The predicted molar refractivity (Wildman–Crippen MR) is 81.7 cm³/mol. The molecule has 20 heavy (non-hydrogen) atoms. The molecule has 0 aromatic heterocycles. The van der Waals surface area contributed by atoms with Gasteiger partial charge in [0.15, 0.2) is 0 Å². The van der Waals surface area contributed by atoms with E-state index in [1.165, 1.54) is 7.11 Å². The first-order valence-electron chi connectivity index (χ1n) is 6.03. The maximum absolute atomic E-state index is 11.8. The molecule has 0 aliphatic rings. The van der Waals surface area contributed by atoms with E-state index in [0.717, 1.165) is 11.3 Å². The Morgan fingerprint density at radius 3 is 2.70 bits per heavy atom. The lowest BCUT2D eigenvalue weighted by atomic mass is 10.1. The van der Waals surface area contributed by atoms with Crippen LogP contribution in [0.3, 0.4) is 0 Å². The highest BCUT2D eigenvalue weighted by Crippen LogP contribution is 2.29. The van der Waals surface area contributed by atoms with Crippen molar-refractivity contribution >= 4 is 34.6 Å². The second kappa shape index (κ2) is 5.84. The van der Waals surface area contributed by atoms with Crippen molar-refractivity contribution in [1.82, 2.24) is 0 Å². The summed E-state index contributed by atoms with van der Waals surface area (Å²) in [6.07, 6.45) is 0. The average molecular weight is 291 g/mol. The Labute approximate surface area is 122 Å². The van der Waals surface area contributed by atoms with Crippen molar-refractivity contribution in [3.63, 3.8) is 0 Å². The third-order valence-corrected chi connectivity index (χ3v) is 3.40. The number of rotatable bonds is 3. The van der Waals surface area contributed by atoms with Gasteiger partial charge in [0.05, 0.1) is 18.4 Å². The largest absolute Gasteiger partial charge is 0.465 e. The lowest BCUT2D eigenvalue weighted by Crippen LogP contribution is -2.07. The lowest BCUT2D eigenvalue weighted by molar-refractivity contribution is 0.0602. The normalized spacial score (nSPS) is 10.2. The molecule has 0 radical (unpaired) electrons. The molecule has 2 aromatic carbocycles. The van der Waals surface area contributed by atoms with Crippen molar-refractivity contribution in [2.24, 2.45) is 0 Å². The van der Waals surface area contributed by atoms with E-state index in [0.29, 0.717) is 22.0 Å². The Bertz CT molecular complexity index is 656. The van der Waals surface area contributed by atoms with E-state index < -0.39 is 5.97 Å². The first kappa shape index (κ1) is 14.2. The number of ether oxygens (including phenoxy) is 1. The molecule has 0 atom stereocenters. The van der Waals surface area contributed by atoms with Crippen molar-refractivity contribution < 1.29 is 9.53 Å². The van der Waals surface area contributed by atoms with Gasteiger partial charge in [-0.15, -0.1) is 0 Å². The van der Waals surface area contributed by atoms with Gasteiger partial charge in [-0.2, -0.15) is 0 Å². The van der Waals surface area contributed by atoms with Gasteiger partial charge in [0.25, 0.3) is 0 Å². The molecule has 104 valence electrons. The first-order valence-corrected chi connectivity index (χ1v) is 6.40. The fraction of sp³-hybridized carbons (Fsp3) is 0.133. The third kappa shape index (κ3) is 2.86. The number of nitrogens with two attached hydrogens (primary N) is 1. The van der Waals surface area contributed by atoms with Crippen molar-refractivity contribution in [1.29, 1.82) is 0 Å². The van der Waals surface area contributed by atoms with Crippen LogP contribution in [-0.4, -0.2) is 13.1 Å². The number of esters is 1. The Morgan fingerprint density at radius 2 is 2.00 bits per heavy atom. The number of nitrogen functional groups attached to an aromatic ring is 1. The smallest absolute Gasteiger partial charge is 0.340 e. The molecule has 5 heteroatoms. The van der Waals surface area contributed by atoms with Crippen LogP contribution >= 0.6 is 11.6 Å². The number of hydrogen-bond acceptors (Lipinski definition) is 4. The zero-order valence-corrected chi connectivity index (χ0v) is 12.0. The molecule has 0 heterocycles. The Kier molecular flexibility index (Phi) is 4.15. The van der Waals surface area contributed by atoms with Gasteiger partial charge < -0.3 is 15.8 Å². The molecule has 2 rings (SSSR count). The van der Waals surface area contributed by atoms with Gasteiger partial charge in [0.2, 0.25) is 0 Å². The van der Waals surface area contributed by atoms with Crippen LogP contribution in [0.15, 0.2) is 36.4 Å². The highest BCUT2D eigenvalue weighted by molar-refractivity contribution is 6.31. The maximum Gasteiger partial charge on any atom is 0.340 e. The highest BCUT2D eigenvalue weighted by Gasteiger charge is 2.13. The molecule has 0 unspecified atom stereocenters. The molecule has 0 aliphatic carbocycles. The maximum atomic E-state index is 11.8. The first-order chi connectivity index (χ1) is 9.52. The van der Waals surface area contributed by atoms with Crippen LogP contribution < -0.4 is 11.1 Å². The summed E-state index contributed by atoms with van der Waals surface area (Å²) in [5.41, 5.74) is 8.94. The number of anilines is 3. The monoisotopic (exact) mass is 290 g/mol. The fourth-order valence-corrected chi connectivity index (χ4v) is 2.01. The number of benzene rings is 2. The van der Waals surface area contributed by atoms with Crippen LogP contribution in [0, 0.1) is 6.92 Å². The van der Waals surface area contributed by atoms with E-state index >= 15 is 0 Å². The third-order valence-electron chi connectivity index (χ3n) is 2.99. The van der Waals surface area contributed by atoms with Crippen molar-refractivity contribution in [3.8, 4) is 0 Å². The molecule has 0 amide bonds. The Hall–Kier alpha value is -2.20. The summed E-state index contributed by atoms with van der Waals surface area (Å²) in [5, 5.41) is 3.84. The van der Waals surface area contributed by atoms with Crippen molar-refractivity contribution in [2.75, 3.05) is 18.2 Å². The van der Waals surface area contributed by atoms with Gasteiger partial charge in [-0.1, -0.05) is 17.7 Å². The molecule has 0 saturated carbocycles. The van der Waals surface area contributed by atoms with Crippen molar-refractivity contribution in [2.45, 2.75) is 6.92 Å². The minimum absolute atomic E-state index is 0.381. The van der Waals surface area contributed by atoms with Crippen LogP contribution in [0.2, 0.25) is 5.02 Å². The van der Waals surface area contributed by atoms with Gasteiger partial charge in [0.1, 0.15) is 0 Å². The lowest BCUT2D eigenvalue weighted by Gasteiger charge is -2.14. The van der Waals surface area contributed by atoms with E-state index in [1.807, 2.05) is 25.1 Å². The van der Waals surface area contributed by atoms with Crippen LogP contribution in [0.1, 0.15) is 15.9 Å². The number of halogens is 1. The number of hydrogen-bond donors (Lipinski definition) is 2. The summed E-state index contributed by atoms with van der Waals surface area (Å²) in [6.45, 7) is 1.90. The minimum atomic E-state index is -0.445. The van der Waals surface area contributed by atoms with E-state index in [2.05, 4.69) is 5.32 Å². The van der Waals surface area contributed by atoms with Gasteiger partial charge in [-0.05, 0) is 42.8 Å². The predicted octanol–water partition coefficient (Wildman–Crippen LogP) is 3.76. The molecule has 0 aliphatic heterocycles. The van der Waals surface area contributed by atoms with Crippen LogP contribution in [0.4, 0.5) is 17.1 Å². The topological polar surface area (TPSA) is 64.3 Å². The molecule has 4 nitrogen and oxygen atoms in total. The Morgan fingerprint density at radius 1 is 1.25 bits per heavy atom. The molecule has 0 spiro atoms. The Balaban J connectivity index is 2.43. The molecule has 0 fully saturated rings. The fourth-order valence-electron chi connectivity index (χ4n) is 1.84. The molecule has 3 N–H and O–H groups in total. The number of carbonyl (C=O) groups excluding carboxylic acids is 1.